The van der Waals surface area contributed by atoms with Crippen molar-refractivity contribution in [3.8, 4) is 0 Å². The number of hydrogen-bond donors (Lipinski definition) is 1. The molecule has 3 aromatic rings. The van der Waals surface area contributed by atoms with Gasteiger partial charge < -0.3 is 0 Å². The first kappa shape index (κ1) is 16.5. The van der Waals surface area contributed by atoms with E-state index < -0.39 is 10.0 Å². The van der Waals surface area contributed by atoms with Crippen molar-refractivity contribution in [3.05, 3.63) is 76.9 Å². The van der Waals surface area contributed by atoms with E-state index in [0.717, 1.165) is 11.1 Å². The minimum atomic E-state index is -3.72. The molecule has 124 valence electrons. The zero-order chi connectivity index (χ0) is 17.2. The molecule has 0 aliphatic rings. The topological polar surface area (TPSA) is 64.0 Å². The third kappa shape index (κ3) is 3.77. The number of halogens is 1. The summed E-state index contributed by atoms with van der Waals surface area (Å²) in [6.07, 6.45) is 1.60. The summed E-state index contributed by atoms with van der Waals surface area (Å²) in [4.78, 5) is 0.168. The Morgan fingerprint density at radius 2 is 1.75 bits per heavy atom. The van der Waals surface area contributed by atoms with E-state index in [1.165, 1.54) is 0 Å². The molecule has 1 heterocycles. The second kappa shape index (κ2) is 6.67. The zero-order valence-electron chi connectivity index (χ0n) is 13.0. The van der Waals surface area contributed by atoms with Gasteiger partial charge in [0.15, 0.2) is 5.82 Å². The van der Waals surface area contributed by atoms with Crippen LogP contribution in [0.25, 0.3) is 0 Å². The highest BCUT2D eigenvalue weighted by atomic mass is 35.5. The predicted octanol–water partition coefficient (Wildman–Crippen LogP) is 3.69. The van der Waals surface area contributed by atoms with Gasteiger partial charge in [-0.3, -0.25) is 9.40 Å². The van der Waals surface area contributed by atoms with E-state index in [1.807, 2.05) is 37.3 Å². The molecule has 24 heavy (non-hydrogen) atoms. The van der Waals surface area contributed by atoms with Gasteiger partial charge in [-0.1, -0.05) is 59.6 Å². The normalized spacial score (nSPS) is 11.4. The standard InChI is InChI=1S/C17H16ClN3O2S/c1-13-7-9-15(10-8-13)24(22,23)20-17-16(18)12-21(19-17)11-14-5-3-2-4-6-14/h2-10,12H,11H2,1H3,(H,19,20). The second-order valence-electron chi connectivity index (χ2n) is 5.43. The molecule has 0 spiro atoms. The highest BCUT2D eigenvalue weighted by Crippen LogP contribution is 2.23. The van der Waals surface area contributed by atoms with E-state index in [-0.39, 0.29) is 15.7 Å². The van der Waals surface area contributed by atoms with Gasteiger partial charge in [-0.2, -0.15) is 5.10 Å². The van der Waals surface area contributed by atoms with Crippen LogP contribution in [0.3, 0.4) is 0 Å². The Labute approximate surface area is 145 Å². The molecule has 2 aromatic carbocycles. The quantitative estimate of drug-likeness (QED) is 0.753. The Kier molecular flexibility index (Phi) is 4.59. The smallest absolute Gasteiger partial charge is 0.263 e. The van der Waals surface area contributed by atoms with E-state index >= 15 is 0 Å². The largest absolute Gasteiger partial charge is 0.265 e. The Bertz CT molecular complexity index is 936. The van der Waals surface area contributed by atoms with Crippen LogP contribution < -0.4 is 4.72 Å². The lowest BCUT2D eigenvalue weighted by Gasteiger charge is -2.06. The summed E-state index contributed by atoms with van der Waals surface area (Å²) in [5, 5.41) is 4.48. The van der Waals surface area contributed by atoms with Crippen molar-refractivity contribution in [2.75, 3.05) is 4.72 Å². The Hall–Kier alpha value is -2.31. The van der Waals surface area contributed by atoms with Crippen molar-refractivity contribution in [3.63, 3.8) is 0 Å². The van der Waals surface area contributed by atoms with Gasteiger partial charge in [-0.15, -0.1) is 0 Å². The van der Waals surface area contributed by atoms with Crippen LogP contribution in [0.4, 0.5) is 5.82 Å². The molecule has 7 heteroatoms. The van der Waals surface area contributed by atoms with Crippen molar-refractivity contribution in [2.45, 2.75) is 18.4 Å². The molecule has 0 aliphatic heterocycles. The van der Waals surface area contributed by atoms with Crippen molar-refractivity contribution in [1.29, 1.82) is 0 Å². The monoisotopic (exact) mass is 361 g/mol. The minimum Gasteiger partial charge on any atom is -0.265 e. The summed E-state index contributed by atoms with van der Waals surface area (Å²) in [6.45, 7) is 2.40. The molecular formula is C17H16ClN3O2S. The van der Waals surface area contributed by atoms with E-state index in [1.54, 1.807) is 35.1 Å². The first-order chi connectivity index (χ1) is 11.4. The first-order valence-electron chi connectivity index (χ1n) is 7.30. The highest BCUT2D eigenvalue weighted by molar-refractivity contribution is 7.92. The Morgan fingerprint density at radius 3 is 2.42 bits per heavy atom. The van der Waals surface area contributed by atoms with Crippen LogP contribution in [0, 0.1) is 6.92 Å². The number of benzene rings is 2. The summed E-state index contributed by atoms with van der Waals surface area (Å²) < 4.78 is 28.9. The van der Waals surface area contributed by atoms with Crippen molar-refractivity contribution in [2.24, 2.45) is 0 Å². The van der Waals surface area contributed by atoms with Crippen LogP contribution >= 0.6 is 11.6 Å². The molecule has 0 saturated heterocycles. The zero-order valence-corrected chi connectivity index (χ0v) is 14.6. The van der Waals surface area contributed by atoms with Gasteiger partial charge in [0.1, 0.15) is 5.02 Å². The Morgan fingerprint density at radius 1 is 1.08 bits per heavy atom. The summed E-state index contributed by atoms with van der Waals surface area (Å²) in [6, 6.07) is 16.3. The van der Waals surface area contributed by atoms with Crippen LogP contribution in [0.15, 0.2) is 65.7 Å². The number of aromatic nitrogens is 2. The molecule has 3 rings (SSSR count). The SMILES string of the molecule is Cc1ccc(S(=O)(=O)Nc2nn(Cc3ccccc3)cc2Cl)cc1. The predicted molar refractivity (Wildman–Crippen MR) is 94.8 cm³/mol. The molecular weight excluding hydrogens is 346 g/mol. The molecule has 0 atom stereocenters. The lowest BCUT2D eigenvalue weighted by atomic mass is 10.2. The number of nitrogens with one attached hydrogen (secondary N) is 1. The number of anilines is 1. The molecule has 0 unspecified atom stereocenters. The fourth-order valence-electron chi connectivity index (χ4n) is 2.22. The van der Waals surface area contributed by atoms with Crippen LogP contribution in [0.5, 0.6) is 0 Å². The maximum absolute atomic E-state index is 12.4. The average Bonchev–Trinajstić information content (AvgIpc) is 2.87. The van der Waals surface area contributed by atoms with Crippen LogP contribution in [-0.2, 0) is 16.6 Å². The van der Waals surface area contributed by atoms with E-state index in [0.29, 0.717) is 6.54 Å². The van der Waals surface area contributed by atoms with Gasteiger partial charge in [0.2, 0.25) is 0 Å². The van der Waals surface area contributed by atoms with Gasteiger partial charge in [0, 0.05) is 6.20 Å². The minimum absolute atomic E-state index is 0.119. The molecule has 0 amide bonds. The van der Waals surface area contributed by atoms with Gasteiger partial charge in [0.05, 0.1) is 11.4 Å². The molecule has 0 bridgehead atoms. The number of aryl methyl sites for hydroxylation is 1. The van der Waals surface area contributed by atoms with Gasteiger partial charge >= 0.3 is 0 Å². The summed E-state index contributed by atoms with van der Waals surface area (Å²) in [5.74, 6) is 0.119. The maximum Gasteiger partial charge on any atom is 0.263 e. The van der Waals surface area contributed by atoms with Crippen molar-refractivity contribution >= 4 is 27.4 Å². The van der Waals surface area contributed by atoms with Crippen LogP contribution in [0.2, 0.25) is 5.02 Å². The van der Waals surface area contributed by atoms with E-state index in [4.69, 9.17) is 11.6 Å². The summed E-state index contributed by atoms with van der Waals surface area (Å²) in [5.41, 5.74) is 2.03. The Balaban J connectivity index is 1.81. The van der Waals surface area contributed by atoms with Crippen molar-refractivity contribution in [1.82, 2.24) is 9.78 Å². The number of rotatable bonds is 5. The number of hydrogen-bond acceptors (Lipinski definition) is 3. The fraction of sp³-hybridized carbons (Fsp3) is 0.118. The lowest BCUT2D eigenvalue weighted by Crippen LogP contribution is -2.14. The second-order valence-corrected chi connectivity index (χ2v) is 7.52. The molecule has 5 nitrogen and oxygen atoms in total. The molecule has 0 fully saturated rings. The van der Waals surface area contributed by atoms with Crippen LogP contribution in [0.1, 0.15) is 11.1 Å². The maximum atomic E-state index is 12.4. The van der Waals surface area contributed by atoms with E-state index in [2.05, 4.69) is 9.82 Å². The first-order valence-corrected chi connectivity index (χ1v) is 9.16. The fourth-order valence-corrected chi connectivity index (χ4v) is 3.49. The van der Waals surface area contributed by atoms with Gasteiger partial charge in [-0.05, 0) is 24.6 Å². The highest BCUT2D eigenvalue weighted by Gasteiger charge is 2.18. The molecule has 0 saturated carbocycles. The average molecular weight is 362 g/mol. The number of sulfonamides is 1. The molecule has 0 aliphatic carbocycles. The van der Waals surface area contributed by atoms with Crippen molar-refractivity contribution < 1.29 is 8.42 Å². The number of nitrogens with zero attached hydrogens (tertiary/aromatic N) is 2. The third-order valence-corrected chi connectivity index (χ3v) is 5.10. The lowest BCUT2D eigenvalue weighted by molar-refractivity contribution is 0.600. The molecule has 1 N–H and O–H groups in total. The third-order valence-electron chi connectivity index (χ3n) is 3.47. The van der Waals surface area contributed by atoms with E-state index in [9.17, 15) is 8.42 Å². The summed E-state index contributed by atoms with van der Waals surface area (Å²) >= 11 is 6.12. The molecule has 1 aromatic heterocycles. The molecule has 0 radical (unpaired) electrons. The van der Waals surface area contributed by atoms with Gasteiger partial charge in [-0.25, -0.2) is 8.42 Å². The van der Waals surface area contributed by atoms with Crippen LogP contribution in [-0.4, -0.2) is 18.2 Å². The van der Waals surface area contributed by atoms with Gasteiger partial charge in [0.25, 0.3) is 10.0 Å². The summed E-state index contributed by atoms with van der Waals surface area (Å²) in [7, 11) is -3.72.